The minimum atomic E-state index is -0.821. The molecule has 2 N–H and O–H groups in total. The lowest BCUT2D eigenvalue weighted by molar-refractivity contribution is -0.136. The second kappa shape index (κ2) is 9.09. The van der Waals surface area contributed by atoms with E-state index in [4.69, 9.17) is 9.84 Å². The lowest BCUT2D eigenvalue weighted by Crippen LogP contribution is -2.11. The molecule has 0 aliphatic heterocycles. The molecule has 0 saturated carbocycles. The Morgan fingerprint density at radius 3 is 2.46 bits per heavy atom. The Kier molecular flexibility index (Phi) is 6.33. The van der Waals surface area contributed by atoms with Crippen molar-refractivity contribution in [2.24, 2.45) is 0 Å². The van der Waals surface area contributed by atoms with Crippen LogP contribution in [0.1, 0.15) is 32.4 Å². The van der Waals surface area contributed by atoms with Crippen molar-refractivity contribution in [1.29, 1.82) is 0 Å². The topological polar surface area (TPSA) is 101 Å². The van der Waals surface area contributed by atoms with E-state index in [0.29, 0.717) is 22.9 Å². The second-order valence-electron chi connectivity index (χ2n) is 6.15. The van der Waals surface area contributed by atoms with E-state index < -0.39 is 5.97 Å². The van der Waals surface area contributed by atoms with Crippen molar-refractivity contribution in [3.8, 4) is 5.75 Å². The molecule has 7 nitrogen and oxygen atoms in total. The number of aromatic nitrogens is 2. The van der Waals surface area contributed by atoms with Crippen LogP contribution in [0.2, 0.25) is 0 Å². The number of rotatable bonds is 8. The molecule has 1 heterocycles. The van der Waals surface area contributed by atoms with Gasteiger partial charge in [-0.3, -0.25) is 9.59 Å². The number of aliphatic carboxylic acids is 1. The zero-order chi connectivity index (χ0) is 19.9. The number of nitrogens with one attached hydrogen (secondary N) is 1. The van der Waals surface area contributed by atoms with Gasteiger partial charge in [0.05, 0.1) is 0 Å². The molecule has 0 fully saturated rings. The van der Waals surface area contributed by atoms with Gasteiger partial charge in [-0.1, -0.05) is 41.2 Å². The maximum atomic E-state index is 12.2. The molecule has 0 saturated heterocycles. The fourth-order valence-electron chi connectivity index (χ4n) is 2.37. The molecule has 1 aromatic heterocycles. The van der Waals surface area contributed by atoms with Crippen molar-refractivity contribution in [2.75, 3.05) is 5.32 Å². The predicted molar refractivity (Wildman–Crippen MR) is 106 cm³/mol. The van der Waals surface area contributed by atoms with Gasteiger partial charge in [-0.2, -0.15) is 0 Å². The SMILES string of the molecule is Cc1ccc(NC(=O)c2nnc(COc3ccc(CCC(=O)O)cc3)s2)cc1. The molecule has 0 aliphatic carbocycles. The number of carbonyl (C=O) groups excluding carboxylic acids is 1. The highest BCUT2D eigenvalue weighted by molar-refractivity contribution is 7.13. The van der Waals surface area contributed by atoms with Gasteiger partial charge in [0.1, 0.15) is 12.4 Å². The number of benzene rings is 2. The van der Waals surface area contributed by atoms with Crippen LogP contribution in [0.3, 0.4) is 0 Å². The van der Waals surface area contributed by atoms with Crippen molar-refractivity contribution in [2.45, 2.75) is 26.4 Å². The van der Waals surface area contributed by atoms with Gasteiger partial charge in [-0.25, -0.2) is 0 Å². The summed E-state index contributed by atoms with van der Waals surface area (Å²) in [5.74, 6) is -0.492. The third kappa shape index (κ3) is 5.62. The smallest absolute Gasteiger partial charge is 0.303 e. The lowest BCUT2D eigenvalue weighted by Gasteiger charge is -2.05. The van der Waals surface area contributed by atoms with Gasteiger partial charge in [0.2, 0.25) is 5.01 Å². The van der Waals surface area contributed by atoms with Gasteiger partial charge >= 0.3 is 5.97 Å². The van der Waals surface area contributed by atoms with Gasteiger partial charge < -0.3 is 15.2 Å². The van der Waals surface area contributed by atoms with E-state index in [-0.39, 0.29) is 23.9 Å². The fourth-order valence-corrected chi connectivity index (χ4v) is 3.02. The van der Waals surface area contributed by atoms with E-state index in [1.165, 1.54) is 11.3 Å². The number of aryl methyl sites for hydroxylation is 2. The summed E-state index contributed by atoms with van der Waals surface area (Å²) in [5.41, 5.74) is 2.75. The number of nitrogens with zero attached hydrogens (tertiary/aromatic N) is 2. The van der Waals surface area contributed by atoms with Crippen molar-refractivity contribution in [3.63, 3.8) is 0 Å². The highest BCUT2D eigenvalue weighted by atomic mass is 32.1. The minimum Gasteiger partial charge on any atom is -0.486 e. The molecular formula is C20H19N3O4S. The first-order valence-corrected chi connectivity index (χ1v) is 9.45. The molecule has 2 aromatic carbocycles. The Bertz CT molecular complexity index is 952. The van der Waals surface area contributed by atoms with Crippen LogP contribution < -0.4 is 10.1 Å². The molecule has 0 aliphatic rings. The van der Waals surface area contributed by atoms with E-state index in [0.717, 1.165) is 11.1 Å². The molecule has 28 heavy (non-hydrogen) atoms. The number of hydrogen-bond donors (Lipinski definition) is 2. The third-order valence-corrected chi connectivity index (χ3v) is 4.78. The normalized spacial score (nSPS) is 10.5. The van der Waals surface area contributed by atoms with Crippen LogP contribution in [0.4, 0.5) is 5.69 Å². The summed E-state index contributed by atoms with van der Waals surface area (Å²) in [6.45, 7) is 2.18. The highest BCUT2D eigenvalue weighted by Crippen LogP contribution is 2.18. The first-order chi connectivity index (χ1) is 13.5. The van der Waals surface area contributed by atoms with Crippen LogP contribution in [-0.4, -0.2) is 27.2 Å². The average molecular weight is 397 g/mol. The number of ether oxygens (including phenoxy) is 1. The Morgan fingerprint density at radius 2 is 1.79 bits per heavy atom. The quantitative estimate of drug-likeness (QED) is 0.601. The van der Waals surface area contributed by atoms with Crippen LogP contribution in [0.5, 0.6) is 5.75 Å². The zero-order valence-corrected chi connectivity index (χ0v) is 16.0. The number of carbonyl (C=O) groups is 2. The summed E-state index contributed by atoms with van der Waals surface area (Å²) in [6, 6.07) is 14.7. The average Bonchev–Trinajstić information content (AvgIpc) is 3.16. The molecule has 1 amide bonds. The van der Waals surface area contributed by atoms with E-state index >= 15 is 0 Å². The molecule has 0 bridgehead atoms. The van der Waals surface area contributed by atoms with E-state index in [1.807, 2.05) is 43.3 Å². The third-order valence-electron chi connectivity index (χ3n) is 3.88. The van der Waals surface area contributed by atoms with E-state index in [2.05, 4.69) is 15.5 Å². The fraction of sp³-hybridized carbons (Fsp3) is 0.200. The summed E-state index contributed by atoms with van der Waals surface area (Å²) in [4.78, 5) is 22.8. The molecule has 0 atom stereocenters. The van der Waals surface area contributed by atoms with E-state index in [1.54, 1.807) is 12.1 Å². The first kappa shape index (κ1) is 19.5. The predicted octanol–water partition coefficient (Wildman–Crippen LogP) is 3.70. The summed E-state index contributed by atoms with van der Waals surface area (Å²) < 4.78 is 5.66. The number of hydrogen-bond acceptors (Lipinski definition) is 6. The minimum absolute atomic E-state index is 0.0957. The molecule has 0 radical (unpaired) electrons. The van der Waals surface area contributed by atoms with Crippen LogP contribution in [0.25, 0.3) is 0 Å². The molecule has 144 valence electrons. The van der Waals surface area contributed by atoms with Crippen LogP contribution in [0, 0.1) is 6.92 Å². The highest BCUT2D eigenvalue weighted by Gasteiger charge is 2.13. The largest absolute Gasteiger partial charge is 0.486 e. The number of amides is 1. The lowest BCUT2D eigenvalue weighted by atomic mass is 10.1. The summed E-state index contributed by atoms with van der Waals surface area (Å²) in [6.07, 6.45) is 0.573. The van der Waals surface area contributed by atoms with Crippen molar-refractivity contribution in [1.82, 2.24) is 10.2 Å². The molecule has 0 spiro atoms. The monoisotopic (exact) mass is 397 g/mol. The summed E-state index contributed by atoms with van der Waals surface area (Å²) >= 11 is 1.17. The molecular weight excluding hydrogens is 378 g/mol. The molecule has 3 aromatic rings. The zero-order valence-electron chi connectivity index (χ0n) is 15.2. The number of anilines is 1. The van der Waals surface area contributed by atoms with Gasteiger partial charge in [0.15, 0.2) is 5.01 Å². The standard InChI is InChI=1S/C20H19N3O4S/c1-13-2-7-15(8-3-13)21-19(26)20-23-22-17(28-20)12-27-16-9-4-14(5-10-16)6-11-18(24)25/h2-5,7-10H,6,11-12H2,1H3,(H,21,26)(H,24,25). The molecule has 0 unspecified atom stereocenters. The van der Waals surface area contributed by atoms with Crippen LogP contribution in [0.15, 0.2) is 48.5 Å². The van der Waals surface area contributed by atoms with Gasteiger partial charge in [0.25, 0.3) is 5.91 Å². The maximum Gasteiger partial charge on any atom is 0.303 e. The van der Waals surface area contributed by atoms with Crippen molar-refractivity contribution >= 4 is 28.9 Å². The molecule has 8 heteroatoms. The van der Waals surface area contributed by atoms with Gasteiger partial charge in [0, 0.05) is 12.1 Å². The van der Waals surface area contributed by atoms with Gasteiger partial charge in [-0.15, -0.1) is 10.2 Å². The van der Waals surface area contributed by atoms with Crippen molar-refractivity contribution < 1.29 is 19.4 Å². The Labute approximate surface area is 166 Å². The first-order valence-electron chi connectivity index (χ1n) is 8.63. The summed E-state index contributed by atoms with van der Waals surface area (Å²) in [7, 11) is 0. The Hall–Kier alpha value is -3.26. The van der Waals surface area contributed by atoms with Crippen LogP contribution in [-0.2, 0) is 17.8 Å². The van der Waals surface area contributed by atoms with Crippen molar-refractivity contribution in [3.05, 3.63) is 69.7 Å². The van der Waals surface area contributed by atoms with Crippen LogP contribution >= 0.6 is 11.3 Å². The summed E-state index contributed by atoms with van der Waals surface area (Å²) in [5, 5.41) is 20.3. The van der Waals surface area contributed by atoms with Gasteiger partial charge in [-0.05, 0) is 43.2 Å². The van der Waals surface area contributed by atoms with E-state index in [9.17, 15) is 9.59 Å². The Morgan fingerprint density at radius 1 is 1.07 bits per heavy atom. The number of carboxylic acids is 1. The number of carboxylic acid groups (broad SMARTS) is 1. The second-order valence-corrected chi connectivity index (χ2v) is 7.21. The Balaban J connectivity index is 1.52. The maximum absolute atomic E-state index is 12.2. The molecule has 3 rings (SSSR count).